The number of piperidine rings is 1. The van der Waals surface area contributed by atoms with Gasteiger partial charge in [-0.2, -0.15) is 0 Å². The molecule has 3 aliphatic rings. The summed E-state index contributed by atoms with van der Waals surface area (Å²) in [6.07, 6.45) is 7.17. The van der Waals surface area contributed by atoms with Gasteiger partial charge in [0.25, 0.3) is 0 Å². The Balaban J connectivity index is 1.62. The van der Waals surface area contributed by atoms with E-state index >= 15 is 0 Å². The zero-order valence-corrected chi connectivity index (χ0v) is 12.8. The molecule has 3 fully saturated rings. The highest BCUT2D eigenvalue weighted by molar-refractivity contribution is 5.79. The Labute approximate surface area is 122 Å². The molecular weight excluding hydrogens is 250 g/mol. The van der Waals surface area contributed by atoms with Crippen molar-refractivity contribution in [1.29, 1.82) is 0 Å². The molecule has 1 aliphatic carbocycles. The van der Waals surface area contributed by atoms with Crippen molar-refractivity contribution >= 4 is 5.91 Å². The maximum atomic E-state index is 12.8. The lowest BCUT2D eigenvalue weighted by Gasteiger charge is -2.46. The van der Waals surface area contributed by atoms with Crippen LogP contribution in [0, 0.1) is 11.8 Å². The predicted molar refractivity (Wildman–Crippen MR) is 80.3 cm³/mol. The zero-order valence-electron chi connectivity index (χ0n) is 12.8. The summed E-state index contributed by atoms with van der Waals surface area (Å²) < 4.78 is 0. The van der Waals surface area contributed by atoms with Crippen LogP contribution < -0.4 is 5.73 Å². The van der Waals surface area contributed by atoms with Gasteiger partial charge in [0.15, 0.2) is 0 Å². The minimum Gasteiger partial charge on any atom is -0.340 e. The van der Waals surface area contributed by atoms with Crippen LogP contribution in [0.15, 0.2) is 0 Å². The summed E-state index contributed by atoms with van der Waals surface area (Å²) in [7, 11) is 0. The number of nitrogens with zero attached hydrogens (tertiary/aromatic N) is 2. The van der Waals surface area contributed by atoms with Crippen LogP contribution >= 0.6 is 0 Å². The molecule has 2 saturated heterocycles. The molecule has 4 nitrogen and oxygen atoms in total. The van der Waals surface area contributed by atoms with E-state index in [1.807, 2.05) is 0 Å². The molecule has 0 radical (unpaired) electrons. The predicted octanol–water partition coefficient (Wildman–Crippen LogP) is 1.45. The summed E-state index contributed by atoms with van der Waals surface area (Å²) in [5.74, 6) is 0.910. The number of piperazine rings is 1. The molecule has 0 aromatic carbocycles. The quantitative estimate of drug-likeness (QED) is 0.790. The largest absolute Gasteiger partial charge is 0.340 e. The molecule has 4 heteroatoms. The van der Waals surface area contributed by atoms with Gasteiger partial charge in [-0.05, 0) is 38.1 Å². The van der Waals surface area contributed by atoms with Crippen LogP contribution in [-0.4, -0.2) is 54.0 Å². The fraction of sp³-hybridized carbons (Fsp3) is 0.938. The molecule has 1 amide bonds. The van der Waals surface area contributed by atoms with Crippen molar-refractivity contribution in [3.05, 3.63) is 0 Å². The van der Waals surface area contributed by atoms with Crippen molar-refractivity contribution in [2.75, 3.05) is 26.2 Å². The minimum atomic E-state index is 0.175. The summed E-state index contributed by atoms with van der Waals surface area (Å²) in [4.78, 5) is 17.6. The monoisotopic (exact) mass is 279 g/mol. The molecule has 0 spiro atoms. The second-order valence-electron chi connectivity index (χ2n) is 7.03. The average Bonchev–Trinajstić information content (AvgIpc) is 2.49. The van der Waals surface area contributed by atoms with Gasteiger partial charge in [0.05, 0.1) is 0 Å². The molecule has 114 valence electrons. The fourth-order valence-electron chi connectivity index (χ4n) is 4.34. The van der Waals surface area contributed by atoms with Gasteiger partial charge in [0.2, 0.25) is 5.91 Å². The third kappa shape index (κ3) is 2.73. The van der Waals surface area contributed by atoms with Crippen molar-refractivity contribution < 1.29 is 4.79 Å². The number of amides is 1. The number of carbonyl (C=O) groups is 1. The number of rotatable bonds is 1. The fourth-order valence-corrected chi connectivity index (χ4v) is 4.34. The molecule has 0 aromatic rings. The number of carbonyl (C=O) groups excluding carboxylic acids is 1. The Hall–Kier alpha value is -0.610. The molecule has 0 bridgehead atoms. The van der Waals surface area contributed by atoms with Crippen LogP contribution in [0.1, 0.15) is 45.4 Å². The van der Waals surface area contributed by atoms with Gasteiger partial charge in [0, 0.05) is 37.6 Å². The number of fused-ring (bicyclic) bond motifs is 1. The van der Waals surface area contributed by atoms with Crippen LogP contribution in [0.3, 0.4) is 0 Å². The first-order valence-electron chi connectivity index (χ1n) is 8.45. The van der Waals surface area contributed by atoms with E-state index in [2.05, 4.69) is 16.7 Å². The highest BCUT2D eigenvalue weighted by Gasteiger charge is 2.38. The van der Waals surface area contributed by atoms with E-state index in [1.165, 1.54) is 25.8 Å². The van der Waals surface area contributed by atoms with E-state index in [9.17, 15) is 4.79 Å². The Morgan fingerprint density at radius 1 is 1.05 bits per heavy atom. The number of hydrogen-bond acceptors (Lipinski definition) is 3. The van der Waals surface area contributed by atoms with Gasteiger partial charge in [0.1, 0.15) is 0 Å². The summed E-state index contributed by atoms with van der Waals surface area (Å²) in [6, 6.07) is 0.836. The molecular formula is C16H29N3O. The van der Waals surface area contributed by atoms with Crippen molar-refractivity contribution in [1.82, 2.24) is 9.80 Å². The van der Waals surface area contributed by atoms with Crippen molar-refractivity contribution in [3.8, 4) is 0 Å². The molecule has 20 heavy (non-hydrogen) atoms. The second kappa shape index (κ2) is 6.02. The highest BCUT2D eigenvalue weighted by Crippen LogP contribution is 2.31. The topological polar surface area (TPSA) is 49.6 Å². The first-order chi connectivity index (χ1) is 9.66. The van der Waals surface area contributed by atoms with Crippen molar-refractivity contribution in [2.24, 2.45) is 17.6 Å². The van der Waals surface area contributed by atoms with Gasteiger partial charge in [-0.25, -0.2) is 0 Å². The van der Waals surface area contributed by atoms with Gasteiger partial charge in [-0.15, -0.1) is 0 Å². The zero-order chi connectivity index (χ0) is 14.1. The van der Waals surface area contributed by atoms with E-state index in [1.54, 1.807) is 0 Å². The third-order valence-electron chi connectivity index (χ3n) is 5.83. The van der Waals surface area contributed by atoms with Crippen LogP contribution in [0.2, 0.25) is 0 Å². The Morgan fingerprint density at radius 3 is 2.75 bits per heavy atom. The van der Waals surface area contributed by atoms with Crippen LogP contribution in [0.4, 0.5) is 0 Å². The van der Waals surface area contributed by atoms with Gasteiger partial charge in [-0.1, -0.05) is 19.8 Å². The van der Waals surface area contributed by atoms with Crippen molar-refractivity contribution in [3.63, 3.8) is 0 Å². The standard InChI is InChI=1S/C16H29N3O/c1-12-14(6-4-7-15(12)17)16(20)19-10-9-18-8-3-2-5-13(18)11-19/h12-15H,2-11,17H2,1H3. The summed E-state index contributed by atoms with van der Waals surface area (Å²) >= 11 is 0. The summed E-state index contributed by atoms with van der Waals surface area (Å²) in [5, 5.41) is 0. The van der Waals surface area contributed by atoms with E-state index < -0.39 is 0 Å². The van der Waals surface area contributed by atoms with Crippen LogP contribution in [0.25, 0.3) is 0 Å². The molecule has 2 heterocycles. The van der Waals surface area contributed by atoms with Gasteiger partial charge < -0.3 is 10.6 Å². The Kier molecular flexibility index (Phi) is 4.32. The van der Waals surface area contributed by atoms with Gasteiger partial charge in [-0.3, -0.25) is 9.69 Å². The molecule has 2 N–H and O–H groups in total. The first-order valence-corrected chi connectivity index (χ1v) is 8.45. The average molecular weight is 279 g/mol. The maximum Gasteiger partial charge on any atom is 0.226 e. The SMILES string of the molecule is CC1C(N)CCCC1C(=O)N1CCN2CCCCC2C1. The number of hydrogen-bond donors (Lipinski definition) is 1. The first kappa shape index (κ1) is 14.3. The smallest absolute Gasteiger partial charge is 0.226 e. The second-order valence-corrected chi connectivity index (χ2v) is 7.03. The van der Waals surface area contributed by atoms with E-state index in [0.29, 0.717) is 17.9 Å². The van der Waals surface area contributed by atoms with Crippen LogP contribution in [-0.2, 0) is 4.79 Å². The normalized spacial score (nSPS) is 39.4. The molecule has 3 rings (SSSR count). The lowest BCUT2D eigenvalue weighted by atomic mass is 9.76. The number of nitrogens with two attached hydrogens (primary N) is 1. The molecule has 0 aromatic heterocycles. The van der Waals surface area contributed by atoms with Gasteiger partial charge >= 0.3 is 0 Å². The molecule has 2 aliphatic heterocycles. The van der Waals surface area contributed by atoms with E-state index in [-0.39, 0.29) is 12.0 Å². The molecule has 4 atom stereocenters. The Bertz CT molecular complexity index is 360. The Morgan fingerprint density at radius 2 is 1.90 bits per heavy atom. The third-order valence-corrected chi connectivity index (χ3v) is 5.83. The minimum absolute atomic E-state index is 0.175. The lowest BCUT2D eigenvalue weighted by Crippen LogP contribution is -2.58. The highest BCUT2D eigenvalue weighted by atomic mass is 16.2. The molecule has 1 saturated carbocycles. The van der Waals surface area contributed by atoms with E-state index in [4.69, 9.17) is 5.73 Å². The summed E-state index contributed by atoms with van der Waals surface area (Å²) in [5.41, 5.74) is 6.16. The van der Waals surface area contributed by atoms with E-state index in [0.717, 1.165) is 38.9 Å². The van der Waals surface area contributed by atoms with Crippen molar-refractivity contribution in [2.45, 2.75) is 57.5 Å². The maximum absolute atomic E-state index is 12.8. The lowest BCUT2D eigenvalue weighted by molar-refractivity contribution is -0.142. The summed E-state index contributed by atoms with van der Waals surface area (Å²) in [6.45, 7) is 6.36. The van der Waals surface area contributed by atoms with Crippen LogP contribution in [0.5, 0.6) is 0 Å². The molecule has 4 unspecified atom stereocenters.